The summed E-state index contributed by atoms with van der Waals surface area (Å²) < 4.78 is 5.36. The Hall–Kier alpha value is -1.18. The molecule has 1 atom stereocenters. The largest absolute Gasteiger partial charge is 0.496 e. The first kappa shape index (κ1) is 15.2. The Morgan fingerprint density at radius 1 is 1.10 bits per heavy atom. The molecule has 0 radical (unpaired) electrons. The summed E-state index contributed by atoms with van der Waals surface area (Å²) in [7, 11) is 1.63. The quantitative estimate of drug-likeness (QED) is 0.650. The number of halogens is 2. The van der Waals surface area contributed by atoms with Crippen LogP contribution < -0.4 is 4.74 Å². The molecule has 0 fully saturated rings. The van der Waals surface area contributed by atoms with Gasteiger partial charge in [0.05, 0.1) is 12.5 Å². The number of benzene rings is 2. The van der Waals surface area contributed by atoms with E-state index in [1.165, 1.54) is 5.56 Å². The summed E-state index contributed by atoms with van der Waals surface area (Å²) in [5.74, 6) is 0.718. The molecule has 1 nitrogen and oxygen atoms in total. The van der Waals surface area contributed by atoms with Crippen LogP contribution in [0.1, 0.15) is 35.4 Å². The van der Waals surface area contributed by atoms with Crippen LogP contribution in [-0.2, 0) is 6.42 Å². The number of alkyl halides is 1. The lowest BCUT2D eigenvalue weighted by Crippen LogP contribution is -1.98. The lowest BCUT2D eigenvalue weighted by atomic mass is 10.0. The third kappa shape index (κ3) is 3.47. The van der Waals surface area contributed by atoms with Crippen molar-refractivity contribution in [2.75, 3.05) is 7.11 Å². The van der Waals surface area contributed by atoms with Gasteiger partial charge in [0.2, 0.25) is 0 Å². The van der Waals surface area contributed by atoms with Crippen LogP contribution in [0.5, 0.6) is 5.75 Å². The zero-order valence-corrected chi connectivity index (χ0v) is 13.2. The first-order valence-electron chi connectivity index (χ1n) is 6.72. The van der Waals surface area contributed by atoms with Crippen LogP contribution in [0.3, 0.4) is 0 Å². The van der Waals surface area contributed by atoms with Crippen molar-refractivity contribution in [2.24, 2.45) is 0 Å². The first-order chi connectivity index (χ1) is 9.65. The number of methoxy groups -OCH3 is 1. The molecule has 2 aromatic rings. The van der Waals surface area contributed by atoms with Gasteiger partial charge in [0.15, 0.2) is 0 Å². The molecule has 0 amide bonds. The molecule has 0 saturated heterocycles. The van der Waals surface area contributed by atoms with Gasteiger partial charge in [0, 0.05) is 10.6 Å². The van der Waals surface area contributed by atoms with Crippen LogP contribution >= 0.6 is 23.2 Å². The summed E-state index contributed by atoms with van der Waals surface area (Å²) in [6, 6.07) is 14.0. The predicted octanol–water partition coefficient (Wildman–Crippen LogP) is 5.63. The van der Waals surface area contributed by atoms with Crippen molar-refractivity contribution in [1.29, 1.82) is 0 Å². The molecule has 1 unspecified atom stereocenters. The smallest absolute Gasteiger partial charge is 0.125 e. The van der Waals surface area contributed by atoms with E-state index < -0.39 is 0 Å². The third-order valence-corrected chi connectivity index (χ3v) is 4.00. The molecule has 0 N–H and O–H groups in total. The maximum Gasteiger partial charge on any atom is 0.125 e. The molecule has 0 aromatic heterocycles. The number of hydrogen-bond acceptors (Lipinski definition) is 1. The Bertz CT molecular complexity index is 564. The second-order valence-corrected chi connectivity index (χ2v) is 5.61. The summed E-state index contributed by atoms with van der Waals surface area (Å²) in [5, 5.41) is 0.408. The molecule has 2 rings (SSSR count). The molecule has 106 valence electrons. The highest BCUT2D eigenvalue weighted by atomic mass is 35.5. The van der Waals surface area contributed by atoms with Crippen molar-refractivity contribution >= 4 is 23.2 Å². The predicted molar refractivity (Wildman–Crippen MR) is 86.1 cm³/mol. The Balaban J connectivity index is 2.28. The molecule has 0 aliphatic carbocycles. The van der Waals surface area contributed by atoms with Crippen molar-refractivity contribution in [3.8, 4) is 5.75 Å². The zero-order chi connectivity index (χ0) is 14.5. The van der Waals surface area contributed by atoms with E-state index >= 15 is 0 Å². The Labute approximate surface area is 130 Å². The molecule has 0 heterocycles. The minimum Gasteiger partial charge on any atom is -0.496 e. The Morgan fingerprint density at radius 3 is 2.40 bits per heavy atom. The highest BCUT2D eigenvalue weighted by Crippen LogP contribution is 2.36. The van der Waals surface area contributed by atoms with Crippen LogP contribution in [0.4, 0.5) is 0 Å². The van der Waals surface area contributed by atoms with E-state index in [0.29, 0.717) is 5.02 Å². The average molecular weight is 309 g/mol. The van der Waals surface area contributed by atoms with Gasteiger partial charge in [-0.3, -0.25) is 0 Å². The molecular formula is C17H18Cl2O. The van der Waals surface area contributed by atoms with Gasteiger partial charge in [0.1, 0.15) is 5.75 Å². The lowest BCUT2D eigenvalue weighted by Gasteiger charge is -2.15. The van der Waals surface area contributed by atoms with Gasteiger partial charge in [-0.25, -0.2) is 0 Å². The second kappa shape index (κ2) is 7.01. The summed E-state index contributed by atoms with van der Waals surface area (Å²) in [6.07, 6.45) is 2.24. The molecule has 0 saturated carbocycles. The summed E-state index contributed by atoms with van der Waals surface area (Å²) in [6.45, 7) is 2.18. The molecule has 0 spiro atoms. The van der Waals surface area contributed by atoms with Gasteiger partial charge in [-0.1, -0.05) is 55.3 Å². The third-order valence-electron chi connectivity index (χ3n) is 3.28. The Morgan fingerprint density at radius 2 is 1.80 bits per heavy atom. The van der Waals surface area contributed by atoms with E-state index in [9.17, 15) is 0 Å². The van der Waals surface area contributed by atoms with Gasteiger partial charge < -0.3 is 4.74 Å². The van der Waals surface area contributed by atoms with Crippen LogP contribution in [0.2, 0.25) is 5.02 Å². The molecule has 0 aliphatic rings. The minimum atomic E-state index is -0.238. The SMILES string of the molecule is CCCc1ccc(C(Cl)c2ccc(Cl)cc2OC)cc1. The standard InChI is InChI=1S/C17H18Cl2O/c1-3-4-12-5-7-13(8-6-12)17(19)15-10-9-14(18)11-16(15)20-2/h5-11,17H,3-4H2,1-2H3. The lowest BCUT2D eigenvalue weighted by molar-refractivity contribution is 0.410. The van der Waals surface area contributed by atoms with E-state index in [-0.39, 0.29) is 5.38 Å². The average Bonchev–Trinajstić information content (AvgIpc) is 2.47. The van der Waals surface area contributed by atoms with Crippen LogP contribution in [0.25, 0.3) is 0 Å². The molecule has 2 aromatic carbocycles. The van der Waals surface area contributed by atoms with Gasteiger partial charge in [-0.15, -0.1) is 11.6 Å². The van der Waals surface area contributed by atoms with E-state index in [0.717, 1.165) is 29.7 Å². The molecule has 0 aliphatic heterocycles. The van der Waals surface area contributed by atoms with Crippen LogP contribution in [-0.4, -0.2) is 7.11 Å². The number of hydrogen-bond donors (Lipinski definition) is 0. The normalized spacial score (nSPS) is 12.2. The van der Waals surface area contributed by atoms with Crippen molar-refractivity contribution in [3.63, 3.8) is 0 Å². The van der Waals surface area contributed by atoms with Gasteiger partial charge in [0.25, 0.3) is 0 Å². The number of rotatable bonds is 5. The van der Waals surface area contributed by atoms with Crippen molar-refractivity contribution in [1.82, 2.24) is 0 Å². The van der Waals surface area contributed by atoms with Crippen LogP contribution in [0, 0.1) is 0 Å². The van der Waals surface area contributed by atoms with Gasteiger partial charge >= 0.3 is 0 Å². The molecular weight excluding hydrogens is 291 g/mol. The Kier molecular flexibility index (Phi) is 5.33. The molecule has 3 heteroatoms. The van der Waals surface area contributed by atoms with Crippen LogP contribution in [0.15, 0.2) is 42.5 Å². The minimum absolute atomic E-state index is 0.238. The van der Waals surface area contributed by atoms with E-state index in [4.69, 9.17) is 27.9 Å². The zero-order valence-electron chi connectivity index (χ0n) is 11.7. The van der Waals surface area contributed by atoms with E-state index in [1.807, 2.05) is 12.1 Å². The van der Waals surface area contributed by atoms with Gasteiger partial charge in [-0.05, 0) is 29.7 Å². The second-order valence-electron chi connectivity index (χ2n) is 4.74. The number of aryl methyl sites for hydroxylation is 1. The molecule has 20 heavy (non-hydrogen) atoms. The fourth-order valence-corrected chi connectivity index (χ4v) is 2.70. The summed E-state index contributed by atoms with van der Waals surface area (Å²) in [4.78, 5) is 0. The maximum atomic E-state index is 6.57. The first-order valence-corrected chi connectivity index (χ1v) is 7.53. The van der Waals surface area contributed by atoms with E-state index in [2.05, 4.69) is 31.2 Å². The monoisotopic (exact) mass is 308 g/mol. The fourth-order valence-electron chi connectivity index (χ4n) is 2.22. The van der Waals surface area contributed by atoms with Crippen molar-refractivity contribution in [2.45, 2.75) is 25.1 Å². The maximum absolute atomic E-state index is 6.57. The summed E-state index contributed by atoms with van der Waals surface area (Å²) >= 11 is 12.6. The number of ether oxygens (including phenoxy) is 1. The van der Waals surface area contributed by atoms with Crippen molar-refractivity contribution < 1.29 is 4.74 Å². The summed E-state index contributed by atoms with van der Waals surface area (Å²) in [5.41, 5.74) is 3.33. The highest BCUT2D eigenvalue weighted by molar-refractivity contribution is 6.30. The topological polar surface area (TPSA) is 9.23 Å². The van der Waals surface area contributed by atoms with Crippen molar-refractivity contribution in [3.05, 3.63) is 64.2 Å². The highest BCUT2D eigenvalue weighted by Gasteiger charge is 2.15. The fraction of sp³-hybridized carbons (Fsp3) is 0.294. The molecule has 0 bridgehead atoms. The van der Waals surface area contributed by atoms with Gasteiger partial charge in [-0.2, -0.15) is 0 Å². The van der Waals surface area contributed by atoms with E-state index in [1.54, 1.807) is 13.2 Å².